The minimum atomic E-state index is -3.76. The van der Waals surface area contributed by atoms with Crippen molar-refractivity contribution in [3.05, 3.63) is 47.5 Å². The molecule has 1 saturated heterocycles. The molecule has 2 aromatic carbocycles. The fourth-order valence-electron chi connectivity index (χ4n) is 3.92. The zero-order chi connectivity index (χ0) is 25.0. The number of nitrogens with one attached hydrogen (secondary N) is 1. The fourth-order valence-corrected chi connectivity index (χ4v) is 5.24. The van der Waals surface area contributed by atoms with Crippen molar-refractivity contribution in [2.24, 2.45) is 5.14 Å². The van der Waals surface area contributed by atoms with E-state index in [0.29, 0.717) is 31.1 Å². The molecule has 4 rings (SSSR count). The standard InChI is InChI=1S/C23H29N5O5S2/c1-16-25-21-12-19(4-7-22(21)34-16)33-15-18(29)13-27-8-10-28(11-9-27)14-23(30)26-17-2-5-20(6-3-17)35(24,31)32/h2-7,12,18,29H,8-11,13-15H2,1H3,(H,26,30)(H2,24,31,32). The Hall–Kier alpha value is -2.61. The van der Waals surface area contributed by atoms with Crippen LogP contribution in [0.2, 0.25) is 0 Å². The normalized spacial score (nSPS) is 16.3. The van der Waals surface area contributed by atoms with E-state index in [1.807, 2.05) is 30.0 Å². The summed E-state index contributed by atoms with van der Waals surface area (Å²) in [6.45, 7) is 5.76. The van der Waals surface area contributed by atoms with Crippen LogP contribution in [0.25, 0.3) is 10.2 Å². The van der Waals surface area contributed by atoms with Gasteiger partial charge in [0.05, 0.1) is 26.7 Å². The zero-order valence-corrected chi connectivity index (χ0v) is 21.0. The fraction of sp³-hybridized carbons (Fsp3) is 0.391. The Bertz CT molecular complexity index is 1270. The first-order valence-corrected chi connectivity index (χ1v) is 13.6. The van der Waals surface area contributed by atoms with Crippen molar-refractivity contribution in [1.29, 1.82) is 0 Å². The zero-order valence-electron chi connectivity index (χ0n) is 19.4. The van der Waals surface area contributed by atoms with Gasteiger partial charge in [-0.15, -0.1) is 11.3 Å². The van der Waals surface area contributed by atoms with E-state index in [-0.39, 0.29) is 24.0 Å². The molecule has 12 heteroatoms. The number of anilines is 1. The third kappa shape index (κ3) is 7.19. The van der Waals surface area contributed by atoms with Crippen LogP contribution in [0.3, 0.4) is 0 Å². The highest BCUT2D eigenvalue weighted by atomic mass is 32.2. The second-order valence-corrected chi connectivity index (χ2v) is 11.3. The molecule has 0 radical (unpaired) electrons. The number of aliphatic hydroxyl groups is 1. The number of rotatable bonds is 9. The van der Waals surface area contributed by atoms with E-state index in [1.165, 1.54) is 24.3 Å². The summed E-state index contributed by atoms with van der Waals surface area (Å²) in [7, 11) is -3.76. The second-order valence-electron chi connectivity index (χ2n) is 8.52. The molecule has 1 aromatic heterocycles. The number of hydrogen-bond acceptors (Lipinski definition) is 9. The SMILES string of the molecule is Cc1nc2cc(OCC(O)CN3CCN(CC(=O)Nc4ccc(S(N)(=O)=O)cc4)CC3)ccc2s1. The highest BCUT2D eigenvalue weighted by molar-refractivity contribution is 7.89. The topological polar surface area (TPSA) is 138 Å². The van der Waals surface area contributed by atoms with Crippen LogP contribution in [0.1, 0.15) is 5.01 Å². The average molecular weight is 520 g/mol. The van der Waals surface area contributed by atoms with Crippen LogP contribution >= 0.6 is 11.3 Å². The van der Waals surface area contributed by atoms with E-state index in [2.05, 4.69) is 15.2 Å². The Morgan fingerprint density at radius 3 is 2.54 bits per heavy atom. The van der Waals surface area contributed by atoms with Crippen molar-refractivity contribution in [2.75, 3.05) is 51.2 Å². The molecule has 1 fully saturated rings. The predicted molar refractivity (Wildman–Crippen MR) is 135 cm³/mol. The lowest BCUT2D eigenvalue weighted by molar-refractivity contribution is -0.117. The summed E-state index contributed by atoms with van der Waals surface area (Å²) < 4.78 is 29.5. The lowest BCUT2D eigenvalue weighted by atomic mass is 10.2. The number of β-amino-alcohol motifs (C(OH)–C–C–N with tert-alkyl or cyclic N) is 1. The first kappa shape index (κ1) is 25.5. The number of hydrogen-bond donors (Lipinski definition) is 3. The maximum atomic E-state index is 12.4. The molecular formula is C23H29N5O5S2. The maximum Gasteiger partial charge on any atom is 0.238 e. The maximum absolute atomic E-state index is 12.4. The number of aliphatic hydroxyl groups excluding tert-OH is 1. The number of primary sulfonamides is 1. The van der Waals surface area contributed by atoms with Gasteiger partial charge in [0.1, 0.15) is 18.5 Å². The van der Waals surface area contributed by atoms with E-state index >= 15 is 0 Å². The molecule has 0 bridgehead atoms. The summed E-state index contributed by atoms with van der Waals surface area (Å²) >= 11 is 1.64. The molecule has 3 aromatic rings. The van der Waals surface area contributed by atoms with Crippen molar-refractivity contribution in [2.45, 2.75) is 17.9 Å². The Balaban J connectivity index is 1.16. The number of aryl methyl sites for hydroxylation is 1. The molecule has 4 N–H and O–H groups in total. The molecule has 1 unspecified atom stereocenters. The van der Waals surface area contributed by atoms with Gasteiger partial charge in [-0.1, -0.05) is 0 Å². The Morgan fingerprint density at radius 1 is 1.17 bits per heavy atom. The van der Waals surface area contributed by atoms with Gasteiger partial charge in [0, 0.05) is 44.5 Å². The van der Waals surface area contributed by atoms with Gasteiger partial charge in [-0.3, -0.25) is 14.6 Å². The lowest BCUT2D eigenvalue weighted by Gasteiger charge is -2.35. The molecule has 35 heavy (non-hydrogen) atoms. The third-order valence-electron chi connectivity index (χ3n) is 5.68. The smallest absolute Gasteiger partial charge is 0.238 e. The number of nitrogens with zero attached hydrogens (tertiary/aromatic N) is 3. The summed E-state index contributed by atoms with van der Waals surface area (Å²) in [5.41, 5.74) is 1.41. The highest BCUT2D eigenvalue weighted by Crippen LogP contribution is 2.25. The second kappa shape index (κ2) is 11.0. The Kier molecular flexibility index (Phi) is 7.99. The summed E-state index contributed by atoms with van der Waals surface area (Å²) in [6, 6.07) is 11.5. The van der Waals surface area contributed by atoms with Crippen molar-refractivity contribution in [1.82, 2.24) is 14.8 Å². The summed E-state index contributed by atoms with van der Waals surface area (Å²) in [5.74, 6) is 0.513. The van der Waals surface area contributed by atoms with Gasteiger partial charge in [-0.25, -0.2) is 18.5 Å². The molecule has 2 heterocycles. The minimum absolute atomic E-state index is 0.00479. The summed E-state index contributed by atoms with van der Waals surface area (Å²) in [6.07, 6.45) is -0.627. The first-order chi connectivity index (χ1) is 16.7. The molecule has 10 nitrogen and oxygen atoms in total. The van der Waals surface area contributed by atoms with Gasteiger partial charge in [0.2, 0.25) is 15.9 Å². The number of piperazine rings is 1. The van der Waals surface area contributed by atoms with E-state index in [9.17, 15) is 18.3 Å². The molecule has 1 amide bonds. The van der Waals surface area contributed by atoms with Crippen LogP contribution in [-0.2, 0) is 14.8 Å². The molecule has 1 atom stereocenters. The minimum Gasteiger partial charge on any atom is -0.491 e. The van der Waals surface area contributed by atoms with Gasteiger partial charge < -0.3 is 15.2 Å². The molecule has 1 aliphatic heterocycles. The number of sulfonamides is 1. The first-order valence-electron chi connectivity index (χ1n) is 11.2. The van der Waals surface area contributed by atoms with Crippen LogP contribution in [0.15, 0.2) is 47.4 Å². The average Bonchev–Trinajstić information content (AvgIpc) is 3.18. The monoisotopic (exact) mass is 519 g/mol. The lowest BCUT2D eigenvalue weighted by Crippen LogP contribution is -2.50. The third-order valence-corrected chi connectivity index (χ3v) is 7.56. The largest absolute Gasteiger partial charge is 0.491 e. The number of nitrogens with two attached hydrogens (primary N) is 1. The predicted octanol–water partition coefficient (Wildman–Crippen LogP) is 1.25. The molecule has 188 valence electrons. The number of carbonyl (C=O) groups excluding carboxylic acids is 1. The van der Waals surface area contributed by atoms with Crippen LogP contribution in [0.4, 0.5) is 5.69 Å². The van der Waals surface area contributed by atoms with Crippen molar-refractivity contribution < 1.29 is 23.1 Å². The summed E-state index contributed by atoms with van der Waals surface area (Å²) in [5, 5.41) is 19.3. The molecule has 0 aliphatic carbocycles. The molecule has 1 aliphatic rings. The number of aromatic nitrogens is 1. The van der Waals surface area contributed by atoms with Crippen LogP contribution in [0.5, 0.6) is 5.75 Å². The van der Waals surface area contributed by atoms with Crippen molar-refractivity contribution in [3.8, 4) is 5.75 Å². The Morgan fingerprint density at radius 2 is 1.86 bits per heavy atom. The van der Waals surface area contributed by atoms with E-state index < -0.39 is 16.1 Å². The van der Waals surface area contributed by atoms with Crippen molar-refractivity contribution >= 4 is 43.2 Å². The van der Waals surface area contributed by atoms with Gasteiger partial charge in [0.15, 0.2) is 0 Å². The number of benzene rings is 2. The number of thiazole rings is 1. The molecular weight excluding hydrogens is 490 g/mol. The number of fused-ring (bicyclic) bond motifs is 1. The van der Waals surface area contributed by atoms with Crippen molar-refractivity contribution in [3.63, 3.8) is 0 Å². The quantitative estimate of drug-likeness (QED) is 0.384. The van der Waals surface area contributed by atoms with Crippen LogP contribution in [0, 0.1) is 6.92 Å². The molecule has 0 saturated carbocycles. The van der Waals surface area contributed by atoms with Crippen LogP contribution in [-0.4, -0.2) is 86.2 Å². The Labute approximate surface area is 208 Å². The van der Waals surface area contributed by atoms with Gasteiger partial charge in [-0.05, 0) is 43.3 Å². The number of amides is 1. The summed E-state index contributed by atoms with van der Waals surface area (Å²) in [4.78, 5) is 21.0. The van der Waals surface area contributed by atoms with E-state index in [1.54, 1.807) is 11.3 Å². The van der Waals surface area contributed by atoms with Crippen LogP contribution < -0.4 is 15.2 Å². The van der Waals surface area contributed by atoms with Gasteiger partial charge in [-0.2, -0.15) is 0 Å². The van der Waals surface area contributed by atoms with E-state index in [0.717, 1.165) is 28.3 Å². The highest BCUT2D eigenvalue weighted by Gasteiger charge is 2.21. The molecule has 0 spiro atoms. The number of ether oxygens (including phenoxy) is 1. The van der Waals surface area contributed by atoms with E-state index in [4.69, 9.17) is 9.88 Å². The number of carbonyl (C=O) groups is 1. The van der Waals surface area contributed by atoms with Gasteiger partial charge in [0.25, 0.3) is 0 Å². The van der Waals surface area contributed by atoms with Gasteiger partial charge >= 0.3 is 0 Å².